The molecule has 1 saturated carbocycles. The number of fused-ring (bicyclic) bond motifs is 1. The second-order valence-corrected chi connectivity index (χ2v) is 12.8. The van der Waals surface area contributed by atoms with Crippen LogP contribution < -0.4 is 15.1 Å². The number of nitrogens with one attached hydrogen (secondary N) is 1. The number of cyclic esters (lactones) is 1. The van der Waals surface area contributed by atoms with Crippen molar-refractivity contribution in [1.82, 2.24) is 5.32 Å². The molecule has 0 aromatic heterocycles. The van der Waals surface area contributed by atoms with Gasteiger partial charge in [0, 0.05) is 43.1 Å². The van der Waals surface area contributed by atoms with Crippen LogP contribution in [0, 0.1) is 27.8 Å². The Balaban J connectivity index is 1.15. The van der Waals surface area contributed by atoms with Crippen LogP contribution in [-0.2, 0) is 23.8 Å². The van der Waals surface area contributed by atoms with Gasteiger partial charge in [0.1, 0.15) is 29.0 Å². The maximum absolute atomic E-state index is 15.1. The average Bonchev–Trinajstić information content (AvgIpc) is 3.19. The van der Waals surface area contributed by atoms with Crippen LogP contribution in [0.4, 0.5) is 31.0 Å². The molecule has 15 heteroatoms. The van der Waals surface area contributed by atoms with Crippen LogP contribution in [0.2, 0.25) is 0 Å². The first kappa shape index (κ1) is 28.5. The van der Waals surface area contributed by atoms with E-state index in [-0.39, 0.29) is 30.1 Å². The highest BCUT2D eigenvalue weighted by Crippen LogP contribution is 2.47. The van der Waals surface area contributed by atoms with E-state index in [9.17, 15) is 28.1 Å². The molecule has 2 aliphatic heterocycles. The Labute approximate surface area is 235 Å². The van der Waals surface area contributed by atoms with Crippen LogP contribution in [-0.4, -0.2) is 69.5 Å². The molecular weight excluding hydrogens is 563 g/mol. The highest BCUT2D eigenvalue weighted by Gasteiger charge is 2.57. The molecule has 1 unspecified atom stereocenters. The molecule has 220 valence electrons. The van der Waals surface area contributed by atoms with Gasteiger partial charge in [0.15, 0.2) is 0 Å². The first-order chi connectivity index (χ1) is 19.2. The Kier molecular flexibility index (Phi) is 7.27. The molecule has 2 heterocycles. The van der Waals surface area contributed by atoms with E-state index in [1.165, 1.54) is 17.0 Å². The number of non-ortho nitro benzene ring substituents is 1. The molecule has 1 N–H and O–H groups in total. The maximum Gasteiger partial charge on any atom is 0.414 e. The number of piperidine rings is 1. The summed E-state index contributed by atoms with van der Waals surface area (Å²) in [6.45, 7) is 5.88. The number of carbonyl (C=O) groups is 2. The van der Waals surface area contributed by atoms with Crippen molar-refractivity contribution in [3.8, 4) is 0 Å². The molecular formula is C26H29FN4O9S. The zero-order valence-corrected chi connectivity index (χ0v) is 23.3. The zero-order valence-electron chi connectivity index (χ0n) is 22.5. The summed E-state index contributed by atoms with van der Waals surface area (Å²) in [6, 6.07) is 8.72. The molecule has 4 atom stereocenters. The van der Waals surface area contributed by atoms with E-state index >= 15 is 4.39 Å². The number of hydrogen-bond acceptors (Lipinski definition) is 10. The Morgan fingerprint density at radius 1 is 1.17 bits per heavy atom. The van der Waals surface area contributed by atoms with Crippen molar-refractivity contribution in [1.29, 1.82) is 0 Å². The fourth-order valence-electron chi connectivity index (χ4n) is 5.11. The third kappa shape index (κ3) is 6.20. The van der Waals surface area contributed by atoms with Crippen LogP contribution in [0.15, 0.2) is 47.4 Å². The van der Waals surface area contributed by atoms with Crippen molar-refractivity contribution in [3.63, 3.8) is 0 Å². The Morgan fingerprint density at radius 2 is 1.88 bits per heavy atom. The minimum absolute atomic E-state index is 0.0113. The summed E-state index contributed by atoms with van der Waals surface area (Å²) in [5.41, 5.74) is -0.409. The predicted molar refractivity (Wildman–Crippen MR) is 143 cm³/mol. The van der Waals surface area contributed by atoms with E-state index in [1.807, 2.05) is 4.90 Å². The van der Waals surface area contributed by atoms with Gasteiger partial charge in [-0.1, -0.05) is 6.07 Å². The van der Waals surface area contributed by atoms with Gasteiger partial charge in [-0.2, -0.15) is 8.42 Å². The average molecular weight is 593 g/mol. The molecule has 1 aliphatic carbocycles. The monoisotopic (exact) mass is 592 g/mol. The minimum Gasteiger partial charge on any atom is -0.444 e. The quantitative estimate of drug-likeness (QED) is 0.274. The van der Waals surface area contributed by atoms with Gasteiger partial charge in [-0.15, -0.1) is 0 Å². The second kappa shape index (κ2) is 10.4. The SMILES string of the molecule is CC(C)(C)OC(=O)NC1[C@H]2CN(c3ccc(N4C[C@H](COS(=O)(=O)c5cccc([N+](=O)[O-])c5)OC4=O)cc3F)C[C@@H]12. The fourth-order valence-corrected chi connectivity index (χ4v) is 6.08. The van der Waals surface area contributed by atoms with Crippen molar-refractivity contribution in [2.75, 3.05) is 36.0 Å². The molecule has 0 radical (unpaired) electrons. The Morgan fingerprint density at radius 3 is 2.51 bits per heavy atom. The summed E-state index contributed by atoms with van der Waals surface area (Å²) >= 11 is 0. The highest BCUT2D eigenvalue weighted by atomic mass is 32.2. The van der Waals surface area contributed by atoms with Gasteiger partial charge in [0.2, 0.25) is 0 Å². The number of benzene rings is 2. The molecule has 2 amide bonds. The van der Waals surface area contributed by atoms with Gasteiger partial charge in [0.25, 0.3) is 15.8 Å². The first-order valence-electron chi connectivity index (χ1n) is 12.9. The van der Waals surface area contributed by atoms with Crippen LogP contribution in [0.1, 0.15) is 20.8 Å². The molecule has 13 nitrogen and oxygen atoms in total. The van der Waals surface area contributed by atoms with Crippen LogP contribution in [0.3, 0.4) is 0 Å². The summed E-state index contributed by atoms with van der Waals surface area (Å²) in [4.78, 5) is 37.4. The third-order valence-corrected chi connectivity index (χ3v) is 8.34. The van der Waals surface area contributed by atoms with E-state index in [1.54, 1.807) is 32.9 Å². The minimum atomic E-state index is -4.36. The lowest BCUT2D eigenvalue weighted by atomic mass is 10.2. The van der Waals surface area contributed by atoms with Gasteiger partial charge >= 0.3 is 12.2 Å². The van der Waals surface area contributed by atoms with Crippen molar-refractivity contribution in [3.05, 3.63) is 58.4 Å². The van der Waals surface area contributed by atoms with Gasteiger partial charge in [-0.25, -0.2) is 14.0 Å². The molecule has 2 aromatic carbocycles. The molecule has 2 aromatic rings. The zero-order chi connectivity index (χ0) is 29.7. The second-order valence-electron chi connectivity index (χ2n) is 11.1. The van der Waals surface area contributed by atoms with Crippen LogP contribution >= 0.6 is 0 Å². The number of anilines is 2. The van der Waals surface area contributed by atoms with Crippen molar-refractivity contribution in [2.24, 2.45) is 11.8 Å². The lowest BCUT2D eigenvalue weighted by Crippen LogP contribution is -2.38. The summed E-state index contributed by atoms with van der Waals surface area (Å²) < 4.78 is 55.6. The molecule has 0 bridgehead atoms. The number of halogens is 1. The Hall–Kier alpha value is -3.98. The number of nitro groups is 1. The smallest absolute Gasteiger partial charge is 0.414 e. The number of alkyl carbamates (subject to hydrolysis) is 1. The van der Waals surface area contributed by atoms with E-state index in [2.05, 4.69) is 5.32 Å². The van der Waals surface area contributed by atoms with E-state index in [0.717, 1.165) is 18.2 Å². The molecule has 2 saturated heterocycles. The van der Waals surface area contributed by atoms with Crippen LogP contribution in [0.25, 0.3) is 0 Å². The topological polar surface area (TPSA) is 158 Å². The standard InChI is InChI=1S/C26H29FN4O9S/c1-26(2,3)40-24(32)28-23-19-12-29(13-20(19)23)22-8-7-15(10-21(22)27)30-11-17(39-25(30)33)14-38-41(36,37)18-6-4-5-16(9-18)31(34)35/h4-10,17,19-20,23H,11-14H2,1-3H3,(H,28,32)/t17-,19-,20+,23?/m1/s1. The summed E-state index contributed by atoms with van der Waals surface area (Å²) in [7, 11) is -4.36. The third-order valence-electron chi connectivity index (χ3n) is 7.06. The van der Waals surface area contributed by atoms with Gasteiger partial charge in [-0.3, -0.25) is 19.2 Å². The molecule has 5 rings (SSSR count). The van der Waals surface area contributed by atoms with E-state index < -0.39 is 61.9 Å². The summed E-state index contributed by atoms with van der Waals surface area (Å²) in [6.07, 6.45) is -2.24. The number of nitro benzene ring substituents is 1. The van der Waals surface area contributed by atoms with E-state index in [0.29, 0.717) is 18.8 Å². The van der Waals surface area contributed by atoms with Crippen molar-refractivity contribution < 1.29 is 41.0 Å². The van der Waals surface area contributed by atoms with Crippen molar-refractivity contribution >= 4 is 39.4 Å². The lowest BCUT2D eigenvalue weighted by Gasteiger charge is -2.25. The number of nitrogens with zero attached hydrogens (tertiary/aromatic N) is 3. The first-order valence-corrected chi connectivity index (χ1v) is 14.3. The molecule has 3 aliphatic rings. The van der Waals surface area contributed by atoms with Gasteiger partial charge < -0.3 is 19.7 Å². The normalized spacial score (nSPS) is 23.7. The number of hydrogen-bond donors (Lipinski definition) is 1. The fraction of sp³-hybridized carbons (Fsp3) is 0.462. The number of amides is 2. The summed E-state index contributed by atoms with van der Waals surface area (Å²) in [5.74, 6) is -0.162. The van der Waals surface area contributed by atoms with Gasteiger partial charge in [-0.05, 0) is 45.0 Å². The number of ether oxygens (including phenoxy) is 2. The number of carbonyl (C=O) groups excluding carboxylic acids is 2. The van der Waals surface area contributed by atoms with Crippen LogP contribution in [0.5, 0.6) is 0 Å². The predicted octanol–water partition coefficient (Wildman–Crippen LogP) is 3.42. The Bertz CT molecular complexity index is 1480. The number of rotatable bonds is 8. The van der Waals surface area contributed by atoms with Gasteiger partial charge in [0.05, 0.1) is 22.8 Å². The van der Waals surface area contributed by atoms with Crippen molar-refractivity contribution in [2.45, 2.75) is 43.4 Å². The molecule has 41 heavy (non-hydrogen) atoms. The largest absolute Gasteiger partial charge is 0.444 e. The lowest BCUT2D eigenvalue weighted by molar-refractivity contribution is -0.385. The molecule has 0 spiro atoms. The van der Waals surface area contributed by atoms with E-state index in [4.69, 9.17) is 13.7 Å². The summed E-state index contributed by atoms with van der Waals surface area (Å²) in [5, 5.41) is 13.8. The molecule has 3 fully saturated rings. The maximum atomic E-state index is 15.1. The highest BCUT2D eigenvalue weighted by molar-refractivity contribution is 7.86.